The minimum absolute atomic E-state index is 0.276. The summed E-state index contributed by atoms with van der Waals surface area (Å²) in [6.07, 6.45) is 0. The Kier molecular flexibility index (Phi) is 5.33. The van der Waals surface area contributed by atoms with Gasteiger partial charge in [-0.05, 0) is 23.8 Å². The fraction of sp³-hybridized carbons (Fsp3) is 0.200. The first-order chi connectivity index (χ1) is 11.7. The van der Waals surface area contributed by atoms with Gasteiger partial charge >= 0.3 is 0 Å². The molecule has 0 aromatic heterocycles. The highest BCUT2D eigenvalue weighted by atomic mass is 19.1. The van der Waals surface area contributed by atoms with Gasteiger partial charge in [-0.3, -0.25) is 4.79 Å². The van der Waals surface area contributed by atoms with Crippen LogP contribution in [0.25, 0.3) is 5.57 Å². The lowest BCUT2D eigenvalue weighted by molar-refractivity contribution is 0.0953. The molecule has 0 aliphatic heterocycles. The molecule has 0 atom stereocenters. The fourth-order valence-electron chi connectivity index (χ4n) is 2.35. The third-order valence-electron chi connectivity index (χ3n) is 3.59. The SMILES string of the molecule is CC(C)(C)/C(NC(=O)c1cc(F)ccc1F)=C(\C#N)c1ccccc1. The fourth-order valence-corrected chi connectivity index (χ4v) is 2.35. The number of nitriles is 1. The summed E-state index contributed by atoms with van der Waals surface area (Å²) in [5, 5.41) is 12.2. The van der Waals surface area contributed by atoms with E-state index in [1.54, 1.807) is 24.3 Å². The van der Waals surface area contributed by atoms with Crippen molar-refractivity contribution in [1.29, 1.82) is 5.26 Å². The van der Waals surface area contributed by atoms with Gasteiger partial charge in [0.2, 0.25) is 0 Å². The molecular formula is C20H18F2N2O. The smallest absolute Gasteiger partial charge is 0.258 e. The van der Waals surface area contributed by atoms with E-state index in [-0.39, 0.29) is 5.57 Å². The Morgan fingerprint density at radius 3 is 2.28 bits per heavy atom. The van der Waals surface area contributed by atoms with Crippen LogP contribution in [0, 0.1) is 28.4 Å². The maximum Gasteiger partial charge on any atom is 0.258 e. The van der Waals surface area contributed by atoms with E-state index in [9.17, 15) is 18.8 Å². The van der Waals surface area contributed by atoms with Crippen molar-refractivity contribution in [2.45, 2.75) is 20.8 Å². The van der Waals surface area contributed by atoms with Crippen molar-refractivity contribution in [2.75, 3.05) is 0 Å². The van der Waals surface area contributed by atoms with E-state index in [4.69, 9.17) is 0 Å². The van der Waals surface area contributed by atoms with Crippen LogP contribution < -0.4 is 5.32 Å². The molecule has 3 nitrogen and oxygen atoms in total. The second-order valence-corrected chi connectivity index (χ2v) is 6.56. The molecule has 5 heteroatoms. The van der Waals surface area contributed by atoms with Gasteiger partial charge in [-0.15, -0.1) is 0 Å². The Bertz CT molecular complexity index is 860. The quantitative estimate of drug-likeness (QED) is 0.825. The summed E-state index contributed by atoms with van der Waals surface area (Å²) < 4.78 is 27.2. The van der Waals surface area contributed by atoms with Crippen LogP contribution in [0.3, 0.4) is 0 Å². The molecule has 0 aliphatic rings. The first kappa shape index (κ1) is 18.3. The molecule has 128 valence electrons. The minimum Gasteiger partial charge on any atom is -0.324 e. The average molecular weight is 340 g/mol. The Morgan fingerprint density at radius 2 is 1.72 bits per heavy atom. The molecule has 0 spiro atoms. The van der Waals surface area contributed by atoms with Crippen LogP contribution >= 0.6 is 0 Å². The van der Waals surface area contributed by atoms with Crippen molar-refractivity contribution in [3.63, 3.8) is 0 Å². The standard InChI is InChI=1S/C20H18F2N2O/c1-20(2,3)18(16(12-23)13-7-5-4-6-8-13)24-19(25)15-11-14(21)9-10-17(15)22/h4-11H,1-3H3,(H,24,25)/b18-16-. The van der Waals surface area contributed by atoms with E-state index < -0.39 is 28.5 Å². The van der Waals surface area contributed by atoms with Gasteiger partial charge in [-0.2, -0.15) is 5.26 Å². The summed E-state index contributed by atoms with van der Waals surface area (Å²) in [5.74, 6) is -2.34. The van der Waals surface area contributed by atoms with Gasteiger partial charge in [0.25, 0.3) is 5.91 Å². The maximum absolute atomic E-state index is 13.9. The van der Waals surface area contributed by atoms with E-state index >= 15 is 0 Å². The van der Waals surface area contributed by atoms with Gasteiger partial charge in [-0.1, -0.05) is 51.1 Å². The second kappa shape index (κ2) is 7.27. The molecule has 0 heterocycles. The number of halogens is 2. The van der Waals surface area contributed by atoms with E-state index in [2.05, 4.69) is 11.4 Å². The number of rotatable bonds is 3. The molecule has 0 saturated carbocycles. The molecule has 25 heavy (non-hydrogen) atoms. The van der Waals surface area contributed by atoms with E-state index in [0.29, 0.717) is 11.3 Å². The molecular weight excluding hydrogens is 322 g/mol. The van der Waals surface area contributed by atoms with E-state index in [1.165, 1.54) is 0 Å². The molecule has 0 unspecified atom stereocenters. The normalized spacial score (nSPS) is 12.2. The molecule has 0 aliphatic carbocycles. The highest BCUT2D eigenvalue weighted by Crippen LogP contribution is 2.30. The van der Waals surface area contributed by atoms with Crippen molar-refractivity contribution in [1.82, 2.24) is 5.32 Å². The van der Waals surface area contributed by atoms with Crippen LogP contribution in [-0.4, -0.2) is 5.91 Å². The summed E-state index contributed by atoms with van der Waals surface area (Å²) in [7, 11) is 0. The number of nitrogens with one attached hydrogen (secondary N) is 1. The lowest BCUT2D eigenvalue weighted by Gasteiger charge is -2.25. The van der Waals surface area contributed by atoms with Crippen molar-refractivity contribution in [3.8, 4) is 6.07 Å². The number of benzene rings is 2. The highest BCUT2D eigenvalue weighted by molar-refractivity contribution is 5.97. The lowest BCUT2D eigenvalue weighted by Crippen LogP contribution is -2.32. The average Bonchev–Trinajstić information content (AvgIpc) is 2.56. The summed E-state index contributed by atoms with van der Waals surface area (Å²) in [6.45, 7) is 5.47. The Morgan fingerprint density at radius 1 is 1.08 bits per heavy atom. The minimum atomic E-state index is -0.828. The van der Waals surface area contributed by atoms with Crippen LogP contribution in [0.4, 0.5) is 8.78 Å². The number of amides is 1. The largest absolute Gasteiger partial charge is 0.324 e. The zero-order chi connectivity index (χ0) is 18.6. The van der Waals surface area contributed by atoms with Crippen molar-refractivity contribution < 1.29 is 13.6 Å². The molecule has 0 radical (unpaired) electrons. The van der Waals surface area contributed by atoms with Gasteiger partial charge in [0.05, 0.1) is 11.1 Å². The zero-order valence-electron chi connectivity index (χ0n) is 14.2. The van der Waals surface area contributed by atoms with E-state index in [0.717, 1.165) is 18.2 Å². The number of hydrogen-bond donors (Lipinski definition) is 1. The number of nitrogens with zero attached hydrogens (tertiary/aromatic N) is 1. The monoisotopic (exact) mass is 340 g/mol. The molecule has 0 fully saturated rings. The molecule has 0 saturated heterocycles. The molecule has 0 bridgehead atoms. The third kappa shape index (κ3) is 4.30. The second-order valence-electron chi connectivity index (χ2n) is 6.56. The van der Waals surface area contributed by atoms with Crippen LogP contribution in [0.15, 0.2) is 54.2 Å². The molecule has 2 rings (SSSR count). The maximum atomic E-state index is 13.9. The number of carbonyl (C=O) groups excluding carboxylic acids is 1. The summed E-state index contributed by atoms with van der Waals surface area (Å²) in [4.78, 5) is 12.5. The molecule has 2 aromatic carbocycles. The van der Waals surface area contributed by atoms with Gasteiger partial charge in [0.1, 0.15) is 17.7 Å². The van der Waals surface area contributed by atoms with Crippen LogP contribution in [-0.2, 0) is 0 Å². The predicted octanol–water partition coefficient (Wildman–Crippen LogP) is 4.68. The van der Waals surface area contributed by atoms with Crippen LogP contribution in [0.2, 0.25) is 0 Å². The summed E-state index contributed by atoms with van der Waals surface area (Å²) in [6, 6.07) is 13.6. The van der Waals surface area contributed by atoms with Gasteiger partial charge in [0.15, 0.2) is 0 Å². The van der Waals surface area contributed by atoms with E-state index in [1.807, 2.05) is 26.8 Å². The van der Waals surface area contributed by atoms with Crippen molar-refractivity contribution in [3.05, 3.63) is 77.0 Å². The van der Waals surface area contributed by atoms with Gasteiger partial charge in [-0.25, -0.2) is 8.78 Å². The number of allylic oxidation sites excluding steroid dienone is 2. The van der Waals surface area contributed by atoms with Crippen LogP contribution in [0.1, 0.15) is 36.7 Å². The third-order valence-corrected chi connectivity index (χ3v) is 3.59. The Hall–Kier alpha value is -3.00. The van der Waals surface area contributed by atoms with Crippen molar-refractivity contribution >= 4 is 11.5 Å². The topological polar surface area (TPSA) is 52.9 Å². The molecule has 1 amide bonds. The summed E-state index contributed by atoms with van der Waals surface area (Å²) in [5.41, 5.74) is 0.246. The first-order valence-electron chi connectivity index (χ1n) is 7.70. The van der Waals surface area contributed by atoms with Crippen molar-refractivity contribution in [2.24, 2.45) is 5.41 Å². The summed E-state index contributed by atoms with van der Waals surface area (Å²) >= 11 is 0. The van der Waals surface area contributed by atoms with Crippen LogP contribution in [0.5, 0.6) is 0 Å². The van der Waals surface area contributed by atoms with Gasteiger partial charge < -0.3 is 5.32 Å². The van der Waals surface area contributed by atoms with Gasteiger partial charge in [0, 0.05) is 11.1 Å². The zero-order valence-corrected chi connectivity index (χ0v) is 14.2. The highest BCUT2D eigenvalue weighted by Gasteiger charge is 2.26. The Balaban J connectivity index is 2.53. The molecule has 1 N–H and O–H groups in total. The number of hydrogen-bond acceptors (Lipinski definition) is 2. The predicted molar refractivity (Wildman–Crippen MR) is 92.3 cm³/mol. The molecule has 2 aromatic rings. The Labute approximate surface area is 145 Å². The lowest BCUT2D eigenvalue weighted by atomic mass is 9.86. The number of carbonyl (C=O) groups is 1. The first-order valence-corrected chi connectivity index (χ1v) is 7.70.